The third-order valence-corrected chi connectivity index (χ3v) is 9.52. The monoisotopic (exact) mass is 7750 g/mol. The van der Waals surface area contributed by atoms with Gasteiger partial charge in [-0.1, -0.05) is 24.6 Å². The second-order valence-electron chi connectivity index (χ2n) is 11.5. The molecule has 89 heteroatoms. The second kappa shape index (κ2) is 290. The summed E-state index contributed by atoms with van der Waals surface area (Å²) in [6, 6.07) is 36.6. The molecule has 8 heterocycles. The molecule has 0 saturated heterocycles. The first-order valence-corrected chi connectivity index (χ1v) is 14.1. The SMILES string of the molecule is Cc1cc[c-]c2c3n4c(c12)N=C1c2[c-]cc[c-]c2C2=[N+]1C41n4c(c5[c-]ccc(C)c5c4=N2)=NC2=[N+]1C(=N3)c1[c-]cc[c-]c12.[Y].[Y].[Y].[Y].[Y].[Y].[Y].[Y].[Y].[Y].[Y].[Y].[Y].[Y].[Y].[Y].[Y].[Y].[Y].[Y].[Y].[Y].[Y].[Y].[Y].[Y].[Y].[Y].[Y].[Y].[Y].[Y].[Y].[Y].[Y].[Y].[Y].[Y].[Y].[Y].[Y].[Y].[Y].[Y].[Y].[Y].[Y].[Y].[Y].[Y].[Y].[Y].[Y].[Y].[Y].[Y].[Y].[Y].[Y].[Y].[Y].[Y].[Y].[Y].[Y].[Y].[Y].[Y].[Y].[Y].[Y].[Y].[Y].[Y].[Y].[Y].[Y].[Y].[Y].[Y].[Y]. The molecule has 6 aliphatic rings. The van der Waals surface area contributed by atoms with Crippen molar-refractivity contribution in [3.8, 4) is 0 Å². The average molecular weight is 7750 g/mol. The van der Waals surface area contributed by atoms with Gasteiger partial charge in [0.05, 0.1) is 0 Å². The minimum Gasteiger partial charge on any atom is -0.253 e. The molecule has 1 spiro atoms. The Morgan fingerprint density at radius 1 is 0.202 bits per heavy atom. The van der Waals surface area contributed by atoms with E-state index >= 15 is 0 Å². The molecule has 8 nitrogen and oxygen atoms in total. The maximum atomic E-state index is 5.40. The van der Waals surface area contributed by atoms with Crippen LogP contribution in [0, 0.1) is 50.2 Å². The van der Waals surface area contributed by atoms with Gasteiger partial charge in [0, 0.05) is 2650 Å². The fraction of sp³-hybridized carbons (Fsp3) is 0.0857. The zero-order chi connectivity index (χ0) is 27.9. The van der Waals surface area contributed by atoms with Crippen molar-refractivity contribution in [2.75, 3.05) is 0 Å². The number of rotatable bonds is 0. The van der Waals surface area contributed by atoms with E-state index < -0.39 is 5.91 Å². The molecule has 4 aromatic carbocycles. The first-order valence-electron chi connectivity index (χ1n) is 14.1. The largest absolute Gasteiger partial charge is 0.352 e. The van der Waals surface area contributed by atoms with Crippen LogP contribution < -0.4 is 11.0 Å². The number of hydrogen-bond acceptors (Lipinski definition) is 4. The van der Waals surface area contributed by atoms with Gasteiger partial charge < -0.3 is 0 Å². The molecule has 0 fully saturated rings. The summed E-state index contributed by atoms with van der Waals surface area (Å²) in [5, 5.41) is 3.90. The van der Waals surface area contributed by atoms with E-state index in [0.717, 1.165) is 101 Å². The summed E-state index contributed by atoms with van der Waals surface area (Å²) < 4.78 is 8.98. The predicted molar refractivity (Wildman–Crippen MR) is 156 cm³/mol. The van der Waals surface area contributed by atoms with Crippen molar-refractivity contribution in [3.63, 3.8) is 0 Å². The number of nitrogens with zero attached hydrogens (tertiary/aromatic N) is 8. The number of hydrogen-bond donors (Lipinski definition) is 0. The third kappa shape index (κ3) is 153. The van der Waals surface area contributed by atoms with Gasteiger partial charge in [-0.25, -0.2) is 57.7 Å². The summed E-state index contributed by atoms with van der Waals surface area (Å²) >= 11 is 0. The van der Waals surface area contributed by atoms with E-state index in [-0.39, 0.29) is 2650 Å². The zero-order valence-electron chi connectivity index (χ0n) is 69.5. The van der Waals surface area contributed by atoms with Crippen LogP contribution in [0.5, 0.6) is 0 Å². The van der Waals surface area contributed by atoms with Gasteiger partial charge in [-0.2, -0.15) is 42.2 Å². The molecule has 1 atom stereocenters. The second-order valence-corrected chi connectivity index (χ2v) is 11.5. The van der Waals surface area contributed by atoms with Gasteiger partial charge in [0.1, 0.15) is 34.6 Å². The van der Waals surface area contributed by atoms with Crippen molar-refractivity contribution in [3.05, 3.63) is 129 Å². The van der Waals surface area contributed by atoms with Crippen LogP contribution in [0.15, 0.2) is 68.5 Å². The van der Waals surface area contributed by atoms with Crippen molar-refractivity contribution in [1.29, 1.82) is 0 Å². The van der Waals surface area contributed by atoms with Crippen molar-refractivity contribution in [2.24, 2.45) is 20.0 Å². The minimum atomic E-state index is -1.06. The Bertz CT molecular complexity index is 2860. The summed E-state index contributed by atoms with van der Waals surface area (Å²) in [6.45, 7) is 4.25. The van der Waals surface area contributed by atoms with Crippen LogP contribution in [-0.4, -0.2) is 41.6 Å². The van der Waals surface area contributed by atoms with Gasteiger partial charge in [-0.3, -0.25) is 9.15 Å². The molecule has 1 unspecified atom stereocenters. The summed E-state index contributed by atoms with van der Waals surface area (Å²) in [6.07, 6.45) is 0. The topological polar surface area (TPSA) is 65.3 Å². The number of amidine groups is 4. The van der Waals surface area contributed by atoms with E-state index in [4.69, 9.17) is 20.0 Å². The van der Waals surface area contributed by atoms with Gasteiger partial charge in [0.15, 0.2) is 11.3 Å². The fourth-order valence-corrected chi connectivity index (χ4v) is 7.91. The Labute approximate surface area is 2790 Å². The van der Waals surface area contributed by atoms with Crippen LogP contribution in [-0.2, 0) is 2660 Å². The molecule has 6 aromatic rings. The van der Waals surface area contributed by atoms with Gasteiger partial charge >= 0.3 is 5.91 Å². The van der Waals surface area contributed by atoms with Gasteiger partial charge in [0.25, 0.3) is 0 Å². The molecule has 441 valence electrons. The standard InChI is InChI=1S/C35H14N8.81Y/c1-17-9-7-15-23-25(17)33-38-29-21-13-5-6-14-22(21)30-39-34-26-18(2)10-8-16-24(26)32-37-28-20-12-4-3-11-19(20)27-36-31(23)42(33)35(40(27)28,41(29)30)43(32)34;;;;;;;;;;;;;;;;;;;;;;;;;;;;;;;;;;;;;;;;;;;;;;;;;;;;;;;;;;;;;;;;;;;;;;;;;;;;;;;;;/h3-10H,1-2H3;;;;;;;;;;;;;;;;;;;;;;;;;;;;;;;;;;;;;;;;;;;;;;;;;;;;;;;;;;;;;;;;;;;;;;;;;;;;;;;;;/q-4;;;;;;;;;;;;;;;;;;;;;;;;;;;;;;;;;;;;;;;;;;;;;;;;;;;;;;;;;;;;;;;;;;;;;;;;;;;;;;;;;. The third-order valence-electron chi connectivity index (χ3n) is 9.52. The number of aliphatic imine (C=N–C) groups is 2. The maximum absolute atomic E-state index is 5.40. The van der Waals surface area contributed by atoms with Crippen molar-refractivity contribution in [2.45, 2.75) is 19.8 Å². The molecular weight excluding hydrogens is 7730 g/mol. The summed E-state index contributed by atoms with van der Waals surface area (Å²) in [5.41, 5.74) is 7.31. The molecule has 0 saturated carbocycles. The van der Waals surface area contributed by atoms with E-state index in [1.165, 1.54) is 0 Å². The molecule has 0 aliphatic carbocycles. The summed E-state index contributed by atoms with van der Waals surface area (Å²) in [5.74, 6) is 3.62. The summed E-state index contributed by atoms with van der Waals surface area (Å²) in [4.78, 5) is 21.5. The van der Waals surface area contributed by atoms with Crippen LogP contribution in [0.3, 0.4) is 0 Å². The van der Waals surface area contributed by atoms with E-state index in [9.17, 15) is 0 Å². The van der Waals surface area contributed by atoms with Crippen molar-refractivity contribution < 1.29 is 2660 Å². The molecular formula is C35H14N8Y81-4. The Kier molecular flexibility index (Phi) is 1090. The molecule has 0 amide bonds. The zero-order valence-corrected chi connectivity index (χ0v) is 299. The van der Waals surface area contributed by atoms with Crippen LogP contribution in [0.1, 0.15) is 33.4 Å². The Hall–Kier alpha value is 83.7. The van der Waals surface area contributed by atoms with Crippen molar-refractivity contribution in [1.82, 2.24) is 9.13 Å². The molecule has 2 aromatic heterocycles. The smallest absolute Gasteiger partial charge is 0.253 e. The molecule has 12 rings (SSSR count). The fourth-order valence-electron chi connectivity index (χ4n) is 7.91. The number of fused-ring (bicyclic) bond motifs is 12. The molecule has 124 heavy (non-hydrogen) atoms. The first-order chi connectivity index (χ1) is 21.2. The van der Waals surface area contributed by atoms with Crippen LogP contribution in [0.2, 0.25) is 0 Å². The quantitative estimate of drug-likeness (QED) is 0.166. The van der Waals surface area contributed by atoms with E-state index in [1.807, 2.05) is 36.4 Å². The Morgan fingerprint density at radius 2 is 0.395 bits per heavy atom. The number of aryl methyl sites for hydroxylation is 2. The Balaban J connectivity index is -0.00000000529. The Morgan fingerprint density at radius 3 is 0.629 bits per heavy atom. The average Bonchev–Trinajstić information content (AvgIpc) is 3.74. The molecule has 0 N–H and O–H groups in total. The van der Waals surface area contributed by atoms with E-state index in [2.05, 4.69) is 80.7 Å². The number of aromatic nitrogens is 2. The van der Waals surface area contributed by atoms with Gasteiger partial charge in [0.2, 0.25) is 0 Å². The normalized spacial score (nSPS) is 7.08. The first kappa shape index (κ1) is 468. The number of benzene rings is 4. The van der Waals surface area contributed by atoms with Crippen LogP contribution in [0.25, 0.3) is 21.5 Å². The molecule has 81 radical (unpaired) electrons. The van der Waals surface area contributed by atoms with E-state index in [1.54, 1.807) is 0 Å². The van der Waals surface area contributed by atoms with Gasteiger partial charge in [-0.05, 0) is 10.8 Å². The maximum Gasteiger partial charge on any atom is 0.352 e. The van der Waals surface area contributed by atoms with E-state index in [0.29, 0.717) is 0 Å². The molecule has 0 bridgehead atoms. The summed E-state index contributed by atoms with van der Waals surface area (Å²) in [7, 11) is 0. The molecule has 6 aliphatic heterocycles. The van der Waals surface area contributed by atoms with Gasteiger partial charge in [-0.15, -0.1) is 47.5 Å². The van der Waals surface area contributed by atoms with Crippen molar-refractivity contribution >= 4 is 56.5 Å². The minimum absolute atomic E-state index is 0. The van der Waals surface area contributed by atoms with Crippen LogP contribution >= 0.6 is 0 Å². The predicted octanol–water partition coefficient (Wildman–Crippen LogP) is 2.92. The van der Waals surface area contributed by atoms with Crippen LogP contribution in [0.4, 0.5) is 11.6 Å².